The maximum absolute atomic E-state index is 14.4. The maximum Gasteiger partial charge on any atom is 0.264 e. The van der Waals surface area contributed by atoms with Crippen LogP contribution < -0.4 is 9.62 Å². The molecule has 0 aliphatic heterocycles. The van der Waals surface area contributed by atoms with E-state index in [-0.39, 0.29) is 10.6 Å². The molecule has 0 fully saturated rings. The summed E-state index contributed by atoms with van der Waals surface area (Å²) in [6.45, 7) is -0.174. The maximum atomic E-state index is 14.4. The molecule has 5 nitrogen and oxygen atoms in total. The molecule has 3 aromatic rings. The third-order valence-electron chi connectivity index (χ3n) is 4.32. The number of nitrogens with one attached hydrogen (secondary N) is 1. The van der Waals surface area contributed by atoms with Crippen molar-refractivity contribution in [2.24, 2.45) is 0 Å². The number of hydrogen-bond acceptors (Lipinski definition) is 3. The van der Waals surface area contributed by atoms with Crippen molar-refractivity contribution < 1.29 is 17.6 Å². The van der Waals surface area contributed by atoms with Gasteiger partial charge in [-0.3, -0.25) is 9.10 Å². The molecule has 0 spiro atoms. The Morgan fingerprint density at radius 3 is 2.10 bits per heavy atom. The number of rotatable bonds is 8. The Morgan fingerprint density at radius 1 is 0.862 bits per heavy atom. The summed E-state index contributed by atoms with van der Waals surface area (Å²) in [6, 6.07) is 22.8. The molecule has 0 aliphatic carbocycles. The van der Waals surface area contributed by atoms with Crippen LogP contribution in [0.4, 0.5) is 10.1 Å². The van der Waals surface area contributed by atoms with Crippen LogP contribution in [-0.4, -0.2) is 27.4 Å². The van der Waals surface area contributed by atoms with Gasteiger partial charge in [-0.2, -0.15) is 0 Å². The summed E-state index contributed by atoms with van der Waals surface area (Å²) in [5, 5.41) is 2.71. The largest absolute Gasteiger partial charge is 0.354 e. The Kier molecular flexibility index (Phi) is 6.61. The van der Waals surface area contributed by atoms with E-state index in [0.717, 1.165) is 15.9 Å². The van der Waals surface area contributed by atoms with Gasteiger partial charge in [0.15, 0.2) is 0 Å². The quantitative estimate of drug-likeness (QED) is 0.617. The van der Waals surface area contributed by atoms with Crippen LogP contribution in [0.2, 0.25) is 0 Å². The number of anilines is 1. The zero-order valence-electron chi connectivity index (χ0n) is 15.7. The van der Waals surface area contributed by atoms with Gasteiger partial charge < -0.3 is 5.32 Å². The van der Waals surface area contributed by atoms with Gasteiger partial charge in [-0.05, 0) is 36.2 Å². The number of carbonyl (C=O) groups is 1. The summed E-state index contributed by atoms with van der Waals surface area (Å²) in [4.78, 5) is 12.5. The predicted molar refractivity (Wildman–Crippen MR) is 111 cm³/mol. The van der Waals surface area contributed by atoms with E-state index in [1.54, 1.807) is 18.2 Å². The highest BCUT2D eigenvalue weighted by atomic mass is 32.2. The van der Waals surface area contributed by atoms with Crippen molar-refractivity contribution >= 4 is 21.6 Å². The molecule has 0 saturated carbocycles. The number of sulfonamides is 1. The van der Waals surface area contributed by atoms with Crippen LogP contribution in [0.15, 0.2) is 89.8 Å². The molecule has 0 aliphatic rings. The second kappa shape index (κ2) is 9.34. The first kappa shape index (κ1) is 20.5. The Morgan fingerprint density at radius 2 is 1.45 bits per heavy atom. The second-order valence-corrected chi connectivity index (χ2v) is 8.22. The molecule has 0 saturated heterocycles. The first-order valence-electron chi connectivity index (χ1n) is 9.11. The van der Waals surface area contributed by atoms with Gasteiger partial charge >= 0.3 is 0 Å². The van der Waals surface area contributed by atoms with Gasteiger partial charge in [0.2, 0.25) is 5.91 Å². The molecular weight excluding hydrogens is 391 g/mol. The summed E-state index contributed by atoms with van der Waals surface area (Å²) < 4.78 is 41.4. The summed E-state index contributed by atoms with van der Waals surface area (Å²) in [5.74, 6) is -1.23. The lowest BCUT2D eigenvalue weighted by Crippen LogP contribution is -2.41. The minimum absolute atomic E-state index is 0.0136. The molecule has 0 heterocycles. The number of para-hydroxylation sites is 1. The van der Waals surface area contributed by atoms with Crippen molar-refractivity contribution in [3.63, 3.8) is 0 Å². The number of benzene rings is 3. The molecule has 0 radical (unpaired) electrons. The zero-order valence-corrected chi connectivity index (χ0v) is 16.5. The lowest BCUT2D eigenvalue weighted by atomic mass is 10.1. The Balaban J connectivity index is 1.79. The molecule has 3 rings (SSSR count). The highest BCUT2D eigenvalue weighted by Gasteiger charge is 2.28. The zero-order chi connectivity index (χ0) is 20.7. The summed E-state index contributed by atoms with van der Waals surface area (Å²) in [5.41, 5.74) is 0.880. The fraction of sp³-hybridized carbons (Fsp3) is 0.136. The number of amides is 1. The van der Waals surface area contributed by atoms with E-state index in [4.69, 9.17) is 0 Å². The van der Waals surface area contributed by atoms with E-state index in [9.17, 15) is 17.6 Å². The van der Waals surface area contributed by atoms with Gasteiger partial charge in [0.25, 0.3) is 10.0 Å². The smallest absolute Gasteiger partial charge is 0.264 e. The molecule has 0 bridgehead atoms. The molecule has 0 atom stereocenters. The number of hydrogen-bond donors (Lipinski definition) is 1. The van der Waals surface area contributed by atoms with E-state index in [2.05, 4.69) is 5.32 Å². The average Bonchev–Trinajstić information content (AvgIpc) is 2.74. The Labute approximate surface area is 169 Å². The number of halogens is 1. The normalized spacial score (nSPS) is 11.1. The van der Waals surface area contributed by atoms with Crippen LogP contribution in [0.1, 0.15) is 5.56 Å². The molecule has 0 aromatic heterocycles. The van der Waals surface area contributed by atoms with Crippen molar-refractivity contribution in [1.82, 2.24) is 5.32 Å². The van der Waals surface area contributed by atoms with E-state index < -0.39 is 28.3 Å². The van der Waals surface area contributed by atoms with Crippen LogP contribution in [0.3, 0.4) is 0 Å². The second-order valence-electron chi connectivity index (χ2n) is 6.36. The van der Waals surface area contributed by atoms with E-state index in [1.165, 1.54) is 30.3 Å². The van der Waals surface area contributed by atoms with Gasteiger partial charge in [0.05, 0.1) is 10.6 Å². The summed E-state index contributed by atoms with van der Waals surface area (Å²) >= 11 is 0. The fourth-order valence-corrected chi connectivity index (χ4v) is 4.30. The van der Waals surface area contributed by atoms with Crippen molar-refractivity contribution in [2.75, 3.05) is 17.4 Å². The molecule has 1 amide bonds. The van der Waals surface area contributed by atoms with Crippen LogP contribution >= 0.6 is 0 Å². The van der Waals surface area contributed by atoms with Crippen LogP contribution in [0.25, 0.3) is 0 Å². The topological polar surface area (TPSA) is 66.5 Å². The van der Waals surface area contributed by atoms with Crippen molar-refractivity contribution in [1.29, 1.82) is 0 Å². The van der Waals surface area contributed by atoms with Gasteiger partial charge in [0.1, 0.15) is 12.4 Å². The molecule has 7 heteroatoms. The minimum atomic E-state index is -4.12. The predicted octanol–water partition coefficient (Wildman–Crippen LogP) is 3.38. The van der Waals surface area contributed by atoms with Gasteiger partial charge in [-0.25, -0.2) is 12.8 Å². The Bertz CT molecular complexity index is 1060. The first-order chi connectivity index (χ1) is 14.0. The van der Waals surface area contributed by atoms with E-state index in [0.29, 0.717) is 13.0 Å². The molecule has 29 heavy (non-hydrogen) atoms. The van der Waals surface area contributed by atoms with Gasteiger partial charge in [-0.1, -0.05) is 60.7 Å². The minimum Gasteiger partial charge on any atom is -0.354 e. The third kappa shape index (κ3) is 5.20. The summed E-state index contributed by atoms with van der Waals surface area (Å²) in [6.07, 6.45) is 0.609. The SMILES string of the molecule is O=C(CN(c1ccccc1F)S(=O)(=O)c1ccccc1)NCCc1ccccc1. The van der Waals surface area contributed by atoms with Crippen molar-refractivity contribution in [3.05, 3.63) is 96.3 Å². The molecular formula is C22H21FN2O3S. The summed E-state index contributed by atoms with van der Waals surface area (Å²) in [7, 11) is -4.12. The lowest BCUT2D eigenvalue weighted by molar-refractivity contribution is -0.119. The highest BCUT2D eigenvalue weighted by Crippen LogP contribution is 2.25. The fourth-order valence-electron chi connectivity index (χ4n) is 2.85. The van der Waals surface area contributed by atoms with Crippen molar-refractivity contribution in [2.45, 2.75) is 11.3 Å². The Hall–Kier alpha value is -3.19. The van der Waals surface area contributed by atoms with Crippen LogP contribution in [-0.2, 0) is 21.2 Å². The number of nitrogens with zero attached hydrogens (tertiary/aromatic N) is 1. The molecule has 0 unspecified atom stereocenters. The van der Waals surface area contributed by atoms with E-state index in [1.807, 2.05) is 30.3 Å². The molecule has 3 aromatic carbocycles. The van der Waals surface area contributed by atoms with Crippen LogP contribution in [0, 0.1) is 5.82 Å². The van der Waals surface area contributed by atoms with Gasteiger partial charge in [-0.15, -0.1) is 0 Å². The monoisotopic (exact) mass is 412 g/mol. The van der Waals surface area contributed by atoms with Crippen molar-refractivity contribution in [3.8, 4) is 0 Å². The van der Waals surface area contributed by atoms with Gasteiger partial charge in [0, 0.05) is 6.54 Å². The molecule has 1 N–H and O–H groups in total. The lowest BCUT2D eigenvalue weighted by Gasteiger charge is -2.24. The first-order valence-corrected chi connectivity index (χ1v) is 10.6. The highest BCUT2D eigenvalue weighted by molar-refractivity contribution is 7.92. The molecule has 150 valence electrons. The number of carbonyl (C=O) groups excluding carboxylic acids is 1. The van der Waals surface area contributed by atoms with Crippen LogP contribution in [0.5, 0.6) is 0 Å². The van der Waals surface area contributed by atoms with E-state index >= 15 is 0 Å². The average molecular weight is 412 g/mol. The standard InChI is InChI=1S/C22H21FN2O3S/c23-20-13-7-8-14-21(20)25(29(27,28)19-11-5-2-6-12-19)17-22(26)24-16-15-18-9-3-1-4-10-18/h1-14H,15-17H2,(H,24,26). The third-order valence-corrected chi connectivity index (χ3v) is 6.09.